The zero-order valence-electron chi connectivity index (χ0n) is 9.48. The second kappa shape index (κ2) is 5.99. The van der Waals surface area contributed by atoms with E-state index >= 15 is 0 Å². The molecule has 1 aromatic carbocycles. The Morgan fingerprint density at radius 3 is 3.17 bits per heavy atom. The van der Waals surface area contributed by atoms with E-state index in [0.717, 1.165) is 22.4 Å². The van der Waals surface area contributed by atoms with Gasteiger partial charge in [-0.25, -0.2) is 0 Å². The van der Waals surface area contributed by atoms with Crippen LogP contribution in [0.15, 0.2) is 17.2 Å². The summed E-state index contributed by atoms with van der Waals surface area (Å²) >= 11 is 10.5. The fraction of sp³-hybridized carbons (Fsp3) is 0.273. The Labute approximate surface area is 115 Å². The minimum Gasteiger partial charge on any atom is -0.467 e. The summed E-state index contributed by atoms with van der Waals surface area (Å²) in [6, 6.07) is 3.83. The minimum absolute atomic E-state index is 0.119. The molecular weight excluding hydrogens is 274 g/mol. The van der Waals surface area contributed by atoms with Crippen molar-refractivity contribution in [3.8, 4) is 5.75 Å². The fourth-order valence-electron chi connectivity index (χ4n) is 1.67. The largest absolute Gasteiger partial charge is 0.467 e. The zero-order chi connectivity index (χ0) is 13.0. The monoisotopic (exact) mass is 285 g/mol. The van der Waals surface area contributed by atoms with Crippen LogP contribution in [-0.4, -0.2) is 18.1 Å². The topological polar surface area (TPSA) is 68.9 Å². The van der Waals surface area contributed by atoms with Crippen LogP contribution in [-0.2, 0) is 17.2 Å². The molecule has 0 saturated heterocycles. The molecule has 1 heterocycles. The number of alkyl halides is 1. The number of ether oxygens (including phenoxy) is 2. The lowest BCUT2D eigenvalue weighted by molar-refractivity contribution is -0.0169. The number of fused-ring (bicyclic) bond motifs is 1. The van der Waals surface area contributed by atoms with Crippen molar-refractivity contribution < 1.29 is 9.47 Å². The van der Waals surface area contributed by atoms with Gasteiger partial charge < -0.3 is 15.2 Å². The first-order chi connectivity index (χ1) is 8.70. The molecule has 0 radical (unpaired) electrons. The first kappa shape index (κ1) is 13.1. The highest BCUT2D eigenvalue weighted by molar-refractivity contribution is 7.80. The Balaban J connectivity index is 2.26. The molecule has 2 rings (SSSR count). The smallest absolute Gasteiger partial charge is 0.189 e. The molecule has 3 N–H and O–H groups in total. The number of hydrazone groups is 1. The van der Waals surface area contributed by atoms with Gasteiger partial charge >= 0.3 is 0 Å². The molecule has 18 heavy (non-hydrogen) atoms. The van der Waals surface area contributed by atoms with Crippen molar-refractivity contribution >= 4 is 35.1 Å². The van der Waals surface area contributed by atoms with Crippen LogP contribution in [0.25, 0.3) is 0 Å². The third kappa shape index (κ3) is 3.10. The van der Waals surface area contributed by atoms with Crippen LogP contribution >= 0.6 is 23.8 Å². The molecule has 1 aliphatic rings. The summed E-state index contributed by atoms with van der Waals surface area (Å²) in [6.45, 7) is 0.761. The molecule has 7 heteroatoms. The molecule has 0 bridgehead atoms. The van der Waals surface area contributed by atoms with E-state index in [1.54, 1.807) is 6.21 Å². The molecule has 0 aliphatic carbocycles. The van der Waals surface area contributed by atoms with Gasteiger partial charge in [0.1, 0.15) is 5.75 Å². The Bertz CT molecular complexity index is 476. The van der Waals surface area contributed by atoms with Crippen molar-refractivity contribution in [2.45, 2.75) is 12.5 Å². The second-order valence-electron chi connectivity index (χ2n) is 3.65. The molecule has 0 fully saturated rings. The predicted octanol–water partition coefficient (Wildman–Crippen LogP) is 1.46. The van der Waals surface area contributed by atoms with Gasteiger partial charge in [-0.15, -0.1) is 11.6 Å². The van der Waals surface area contributed by atoms with Crippen LogP contribution < -0.4 is 15.9 Å². The number of hydrogen-bond donors (Lipinski definition) is 2. The van der Waals surface area contributed by atoms with Gasteiger partial charge in [0.2, 0.25) is 0 Å². The highest BCUT2D eigenvalue weighted by Gasteiger charge is 2.15. The van der Waals surface area contributed by atoms with Gasteiger partial charge in [0, 0.05) is 11.1 Å². The Hall–Kier alpha value is -1.37. The molecule has 0 aromatic heterocycles. The summed E-state index contributed by atoms with van der Waals surface area (Å²) in [7, 11) is 0. The summed E-state index contributed by atoms with van der Waals surface area (Å²) in [5, 5.41) is 4.02. The van der Waals surface area contributed by atoms with Crippen LogP contribution in [0, 0.1) is 0 Å². The van der Waals surface area contributed by atoms with Crippen LogP contribution in [0.2, 0.25) is 0 Å². The molecule has 96 valence electrons. The van der Waals surface area contributed by atoms with E-state index < -0.39 is 0 Å². The predicted molar refractivity (Wildman–Crippen MR) is 73.8 cm³/mol. The number of halogens is 1. The van der Waals surface area contributed by atoms with E-state index in [9.17, 15) is 0 Å². The van der Waals surface area contributed by atoms with E-state index in [2.05, 4.69) is 22.7 Å². The van der Waals surface area contributed by atoms with Gasteiger partial charge in [-0.05, 0) is 29.9 Å². The third-order valence-corrected chi connectivity index (χ3v) is 2.72. The van der Waals surface area contributed by atoms with Gasteiger partial charge in [-0.1, -0.05) is 0 Å². The molecule has 0 atom stereocenters. The lowest BCUT2D eigenvalue weighted by atomic mass is 10.1. The van der Waals surface area contributed by atoms with Crippen LogP contribution in [0.5, 0.6) is 5.75 Å². The van der Waals surface area contributed by atoms with Crippen molar-refractivity contribution in [3.63, 3.8) is 0 Å². The summed E-state index contributed by atoms with van der Waals surface area (Å²) in [5.41, 5.74) is 10.5. The maximum absolute atomic E-state index is 5.90. The number of thiocarbonyl (C=S) groups is 1. The average Bonchev–Trinajstić information content (AvgIpc) is 2.37. The average molecular weight is 286 g/mol. The summed E-state index contributed by atoms with van der Waals surface area (Å²) in [6.07, 6.45) is 1.62. The van der Waals surface area contributed by atoms with Crippen molar-refractivity contribution in [2.24, 2.45) is 10.8 Å². The Morgan fingerprint density at radius 1 is 1.61 bits per heavy atom. The van der Waals surface area contributed by atoms with Gasteiger partial charge in [-0.3, -0.25) is 5.43 Å². The molecule has 0 saturated carbocycles. The minimum atomic E-state index is 0.119. The van der Waals surface area contributed by atoms with Crippen molar-refractivity contribution in [1.29, 1.82) is 0 Å². The van der Waals surface area contributed by atoms with Gasteiger partial charge in [-0.2, -0.15) is 5.10 Å². The Kier molecular flexibility index (Phi) is 4.35. The lowest BCUT2D eigenvalue weighted by Gasteiger charge is -2.20. The molecule has 0 unspecified atom stereocenters. The maximum Gasteiger partial charge on any atom is 0.189 e. The van der Waals surface area contributed by atoms with E-state index in [0.29, 0.717) is 12.5 Å². The highest BCUT2D eigenvalue weighted by atomic mass is 35.5. The Morgan fingerprint density at radius 2 is 2.44 bits per heavy atom. The molecule has 1 aliphatic heterocycles. The van der Waals surface area contributed by atoms with Gasteiger partial charge in [0.05, 0.1) is 18.7 Å². The number of rotatable bonds is 3. The van der Waals surface area contributed by atoms with E-state index in [1.165, 1.54) is 0 Å². The van der Waals surface area contributed by atoms with Crippen molar-refractivity contribution in [3.05, 3.63) is 28.8 Å². The fourth-order valence-corrected chi connectivity index (χ4v) is 1.92. The number of nitrogens with one attached hydrogen (secondary N) is 1. The second-order valence-corrected chi connectivity index (χ2v) is 4.35. The SMILES string of the molecule is NC(=S)NN=Cc1cc(CCl)c2c(c1)COCO2. The van der Waals surface area contributed by atoms with Crippen LogP contribution in [0.4, 0.5) is 0 Å². The summed E-state index contributed by atoms with van der Waals surface area (Å²) in [5.74, 6) is 1.17. The number of benzene rings is 1. The van der Waals surface area contributed by atoms with Crippen molar-refractivity contribution in [2.75, 3.05) is 6.79 Å². The quantitative estimate of drug-likeness (QED) is 0.381. The molecular formula is C11H12ClN3O2S. The molecule has 0 amide bonds. The van der Waals surface area contributed by atoms with Crippen LogP contribution in [0.3, 0.4) is 0 Å². The normalized spacial score (nSPS) is 14.1. The molecule has 5 nitrogen and oxygen atoms in total. The van der Waals surface area contributed by atoms with E-state index in [-0.39, 0.29) is 11.9 Å². The van der Waals surface area contributed by atoms with Crippen LogP contribution in [0.1, 0.15) is 16.7 Å². The lowest BCUT2D eigenvalue weighted by Crippen LogP contribution is -2.24. The zero-order valence-corrected chi connectivity index (χ0v) is 11.1. The van der Waals surface area contributed by atoms with Gasteiger partial charge in [0.15, 0.2) is 11.9 Å². The van der Waals surface area contributed by atoms with E-state index in [4.69, 9.17) is 26.8 Å². The van der Waals surface area contributed by atoms with E-state index in [1.807, 2.05) is 12.1 Å². The first-order valence-corrected chi connectivity index (χ1v) is 6.16. The number of nitrogens with two attached hydrogens (primary N) is 1. The highest BCUT2D eigenvalue weighted by Crippen LogP contribution is 2.30. The summed E-state index contributed by atoms with van der Waals surface area (Å²) in [4.78, 5) is 0. The standard InChI is InChI=1S/C11H12ClN3O2S/c12-3-8-1-7(4-14-15-11(13)18)2-9-5-16-6-17-10(8)9/h1-2,4H,3,5-6H2,(H3,13,15,18). The van der Waals surface area contributed by atoms with Crippen molar-refractivity contribution in [1.82, 2.24) is 5.43 Å². The maximum atomic E-state index is 5.90. The first-order valence-electron chi connectivity index (χ1n) is 5.21. The summed E-state index contributed by atoms with van der Waals surface area (Å²) < 4.78 is 10.7. The number of hydrogen-bond acceptors (Lipinski definition) is 4. The van der Waals surface area contributed by atoms with Gasteiger partial charge in [0.25, 0.3) is 0 Å². The molecule has 0 spiro atoms. The molecule has 1 aromatic rings. The number of nitrogens with zero attached hydrogens (tertiary/aromatic N) is 1. The third-order valence-electron chi connectivity index (χ3n) is 2.34.